The molecule has 1 atom stereocenters. The Morgan fingerprint density at radius 2 is 1.80 bits per heavy atom. The van der Waals surface area contributed by atoms with Gasteiger partial charge in [0, 0.05) is 31.4 Å². The Morgan fingerprint density at radius 1 is 1.05 bits per heavy atom. The van der Waals surface area contributed by atoms with Gasteiger partial charge in [-0.25, -0.2) is 0 Å². The molecule has 20 heavy (non-hydrogen) atoms. The number of nitrogens with zero attached hydrogens (tertiary/aromatic N) is 1. The molecule has 1 aliphatic heterocycles. The number of phenolic OH excluding ortho intramolecular Hbond substituents is 1. The molecule has 0 bridgehead atoms. The van der Waals surface area contributed by atoms with Gasteiger partial charge >= 0.3 is 0 Å². The highest BCUT2D eigenvalue weighted by Crippen LogP contribution is 2.19. The maximum atomic E-state index is 9.29. The van der Waals surface area contributed by atoms with Crippen LogP contribution >= 0.6 is 0 Å². The molecule has 3 heteroatoms. The van der Waals surface area contributed by atoms with Crippen LogP contribution in [0, 0.1) is 0 Å². The van der Waals surface area contributed by atoms with Crippen LogP contribution in [-0.4, -0.2) is 29.1 Å². The first-order chi connectivity index (χ1) is 9.79. The minimum absolute atomic E-state index is 0.313. The topological polar surface area (TPSA) is 35.5 Å². The average molecular weight is 268 g/mol. The summed E-state index contributed by atoms with van der Waals surface area (Å²) in [5.41, 5.74) is 2.45. The third-order valence-corrected chi connectivity index (χ3v) is 3.76. The van der Waals surface area contributed by atoms with Crippen LogP contribution in [0.1, 0.15) is 12.0 Å². The third kappa shape index (κ3) is 3.31. The first-order valence-corrected chi connectivity index (χ1v) is 7.11. The van der Waals surface area contributed by atoms with Crippen LogP contribution in [0.4, 0.5) is 5.69 Å². The number of phenols is 1. The van der Waals surface area contributed by atoms with Crippen LogP contribution in [0.5, 0.6) is 5.75 Å². The lowest BCUT2D eigenvalue weighted by Gasteiger charge is -2.17. The smallest absolute Gasteiger partial charge is 0.115 e. The molecule has 1 saturated heterocycles. The van der Waals surface area contributed by atoms with Gasteiger partial charge in [-0.15, -0.1) is 0 Å². The summed E-state index contributed by atoms with van der Waals surface area (Å²) in [7, 11) is 0. The Balaban J connectivity index is 1.53. The first kappa shape index (κ1) is 13.0. The summed E-state index contributed by atoms with van der Waals surface area (Å²) in [4.78, 5) is 2.48. The van der Waals surface area contributed by atoms with Crippen LogP contribution in [0.15, 0.2) is 54.6 Å². The number of anilines is 1. The third-order valence-electron chi connectivity index (χ3n) is 3.76. The lowest BCUT2D eigenvalue weighted by molar-refractivity contribution is 0.328. The number of hydrogen-bond donors (Lipinski definition) is 2. The minimum Gasteiger partial charge on any atom is -0.508 e. The molecule has 0 aliphatic carbocycles. The van der Waals surface area contributed by atoms with Crippen molar-refractivity contribution in [3.05, 3.63) is 60.2 Å². The van der Waals surface area contributed by atoms with Crippen molar-refractivity contribution in [3.63, 3.8) is 0 Å². The normalized spacial score (nSPS) is 19.1. The lowest BCUT2D eigenvalue weighted by atomic mass is 10.2. The minimum atomic E-state index is 0.313. The predicted molar refractivity (Wildman–Crippen MR) is 81.9 cm³/mol. The van der Waals surface area contributed by atoms with Crippen molar-refractivity contribution < 1.29 is 5.11 Å². The summed E-state index contributed by atoms with van der Waals surface area (Å²) in [6, 6.07) is 18.4. The van der Waals surface area contributed by atoms with Crippen molar-refractivity contribution in [2.75, 3.05) is 18.4 Å². The molecular formula is C17H20N2O. The zero-order valence-electron chi connectivity index (χ0n) is 11.5. The van der Waals surface area contributed by atoms with Crippen LogP contribution in [0.25, 0.3) is 0 Å². The number of rotatable bonds is 4. The molecule has 0 saturated carbocycles. The maximum Gasteiger partial charge on any atom is 0.115 e. The summed E-state index contributed by atoms with van der Waals surface area (Å²) in [6.07, 6.45) is 1.16. The second-order valence-electron chi connectivity index (χ2n) is 5.40. The van der Waals surface area contributed by atoms with Gasteiger partial charge in [0.15, 0.2) is 0 Å². The fourth-order valence-electron chi connectivity index (χ4n) is 2.73. The van der Waals surface area contributed by atoms with Crippen LogP contribution in [0.3, 0.4) is 0 Å². The lowest BCUT2D eigenvalue weighted by Crippen LogP contribution is -2.25. The van der Waals surface area contributed by atoms with E-state index in [0.29, 0.717) is 11.8 Å². The molecule has 1 heterocycles. The molecule has 0 radical (unpaired) electrons. The Bertz CT molecular complexity index is 539. The Hall–Kier alpha value is -2.00. The van der Waals surface area contributed by atoms with Crippen molar-refractivity contribution >= 4 is 5.69 Å². The summed E-state index contributed by atoms with van der Waals surface area (Å²) in [5.74, 6) is 0.313. The zero-order valence-corrected chi connectivity index (χ0v) is 11.5. The van der Waals surface area contributed by atoms with E-state index in [1.807, 2.05) is 12.1 Å². The fourth-order valence-corrected chi connectivity index (χ4v) is 2.73. The van der Waals surface area contributed by atoms with Crippen molar-refractivity contribution in [2.45, 2.75) is 19.0 Å². The number of hydrogen-bond acceptors (Lipinski definition) is 3. The van der Waals surface area contributed by atoms with Crippen molar-refractivity contribution in [3.8, 4) is 5.75 Å². The van der Waals surface area contributed by atoms with E-state index >= 15 is 0 Å². The zero-order chi connectivity index (χ0) is 13.8. The monoisotopic (exact) mass is 268 g/mol. The van der Waals surface area contributed by atoms with Crippen molar-refractivity contribution in [2.24, 2.45) is 0 Å². The molecule has 2 aromatic rings. The van der Waals surface area contributed by atoms with Crippen LogP contribution < -0.4 is 5.32 Å². The van der Waals surface area contributed by atoms with Gasteiger partial charge in [-0.05, 0) is 36.2 Å². The van der Waals surface area contributed by atoms with Crippen molar-refractivity contribution in [1.29, 1.82) is 0 Å². The van der Waals surface area contributed by atoms with Gasteiger partial charge in [0.1, 0.15) is 5.75 Å². The van der Waals surface area contributed by atoms with Gasteiger partial charge in [0.25, 0.3) is 0 Å². The van der Waals surface area contributed by atoms with Gasteiger partial charge in [0.2, 0.25) is 0 Å². The number of aromatic hydroxyl groups is 1. The molecule has 3 rings (SSSR count). The molecule has 3 nitrogen and oxygen atoms in total. The second-order valence-corrected chi connectivity index (χ2v) is 5.40. The van der Waals surface area contributed by atoms with E-state index in [1.54, 1.807) is 12.1 Å². The van der Waals surface area contributed by atoms with E-state index in [4.69, 9.17) is 0 Å². The highest BCUT2D eigenvalue weighted by Gasteiger charge is 2.22. The highest BCUT2D eigenvalue weighted by atomic mass is 16.3. The summed E-state index contributed by atoms with van der Waals surface area (Å²) in [6.45, 7) is 3.22. The van der Waals surface area contributed by atoms with Gasteiger partial charge in [-0.3, -0.25) is 4.90 Å². The number of benzene rings is 2. The Kier molecular flexibility index (Phi) is 3.88. The Labute approximate surface area is 119 Å². The van der Waals surface area contributed by atoms with E-state index < -0.39 is 0 Å². The van der Waals surface area contributed by atoms with E-state index in [-0.39, 0.29) is 0 Å². The van der Waals surface area contributed by atoms with E-state index in [9.17, 15) is 5.11 Å². The van der Waals surface area contributed by atoms with Gasteiger partial charge in [-0.2, -0.15) is 0 Å². The van der Waals surface area contributed by atoms with Gasteiger partial charge in [0.05, 0.1) is 0 Å². The van der Waals surface area contributed by atoms with Crippen molar-refractivity contribution in [1.82, 2.24) is 4.90 Å². The largest absolute Gasteiger partial charge is 0.508 e. The van der Waals surface area contributed by atoms with Gasteiger partial charge in [-0.1, -0.05) is 30.3 Å². The van der Waals surface area contributed by atoms with Crippen LogP contribution in [-0.2, 0) is 6.54 Å². The standard InChI is InChI=1S/C17H20N2O/c20-17-8-6-15(7-9-17)18-16-10-11-19(13-16)12-14-4-2-1-3-5-14/h1-9,16,18,20H,10-13H2. The SMILES string of the molecule is Oc1ccc(NC2CCN(Cc3ccccc3)C2)cc1. The van der Waals surface area contributed by atoms with E-state index in [0.717, 1.165) is 31.7 Å². The average Bonchev–Trinajstić information content (AvgIpc) is 2.90. The summed E-state index contributed by atoms with van der Waals surface area (Å²) in [5, 5.41) is 12.8. The summed E-state index contributed by atoms with van der Waals surface area (Å²) < 4.78 is 0. The molecule has 0 spiro atoms. The fraction of sp³-hybridized carbons (Fsp3) is 0.294. The van der Waals surface area contributed by atoms with E-state index in [2.05, 4.69) is 40.5 Å². The van der Waals surface area contributed by atoms with E-state index in [1.165, 1.54) is 5.56 Å². The van der Waals surface area contributed by atoms with Crippen LogP contribution in [0.2, 0.25) is 0 Å². The number of likely N-dealkylation sites (tertiary alicyclic amines) is 1. The molecule has 2 aromatic carbocycles. The molecule has 1 unspecified atom stereocenters. The maximum absolute atomic E-state index is 9.29. The molecule has 0 amide bonds. The molecule has 104 valence electrons. The predicted octanol–water partition coefficient (Wildman–Crippen LogP) is 3.08. The molecule has 1 aliphatic rings. The highest BCUT2D eigenvalue weighted by molar-refractivity contribution is 5.46. The quantitative estimate of drug-likeness (QED) is 0.837. The molecular weight excluding hydrogens is 248 g/mol. The first-order valence-electron chi connectivity index (χ1n) is 7.11. The molecule has 2 N–H and O–H groups in total. The summed E-state index contributed by atoms with van der Waals surface area (Å²) >= 11 is 0. The molecule has 0 aromatic heterocycles. The number of nitrogens with one attached hydrogen (secondary N) is 1. The molecule has 1 fully saturated rings. The second kappa shape index (κ2) is 5.97. The Morgan fingerprint density at radius 3 is 2.55 bits per heavy atom. The van der Waals surface area contributed by atoms with Gasteiger partial charge < -0.3 is 10.4 Å².